The van der Waals surface area contributed by atoms with Gasteiger partial charge in [-0.3, -0.25) is 0 Å². The van der Waals surface area contributed by atoms with Crippen molar-refractivity contribution in [3.05, 3.63) is 42.5 Å². The Bertz CT molecular complexity index is 201. The van der Waals surface area contributed by atoms with Crippen molar-refractivity contribution >= 4 is 5.83 Å². The molecule has 1 heteroatoms. The maximum atomic E-state index is 12.2. The van der Waals surface area contributed by atoms with Gasteiger partial charge in [0.2, 0.25) is 0 Å². The van der Waals surface area contributed by atoms with E-state index in [0.717, 1.165) is 0 Å². The highest BCUT2D eigenvalue weighted by Crippen LogP contribution is 2.10. The van der Waals surface area contributed by atoms with Crippen molar-refractivity contribution < 1.29 is 4.39 Å². The van der Waals surface area contributed by atoms with Crippen LogP contribution in [-0.4, -0.2) is 0 Å². The first-order chi connectivity index (χ1) is 4.30. The van der Waals surface area contributed by atoms with Crippen LogP contribution in [0.5, 0.6) is 0 Å². The molecule has 0 nitrogen and oxygen atoms in total. The summed E-state index contributed by atoms with van der Waals surface area (Å²) in [4.78, 5) is 0. The Morgan fingerprint density at radius 1 is 1.44 bits per heavy atom. The molecule has 0 spiro atoms. The Hall–Kier alpha value is -1.11. The van der Waals surface area contributed by atoms with Gasteiger partial charge in [-0.15, -0.1) is 0 Å². The number of hydrogen-bond acceptors (Lipinski definition) is 0. The van der Waals surface area contributed by atoms with Crippen LogP contribution in [0.4, 0.5) is 4.39 Å². The minimum absolute atomic E-state index is 0.399. The lowest BCUT2D eigenvalue weighted by Crippen LogP contribution is -1.71. The second-order valence-corrected chi connectivity index (χ2v) is 1.69. The Morgan fingerprint density at radius 3 is 2.33 bits per heavy atom. The first-order valence-electron chi connectivity index (χ1n) is 2.61. The molecule has 0 amide bonds. The molecule has 0 atom stereocenters. The maximum absolute atomic E-state index is 12.2. The van der Waals surface area contributed by atoms with E-state index in [1.54, 1.807) is 24.3 Å². The van der Waals surface area contributed by atoms with Crippen LogP contribution in [0.15, 0.2) is 30.8 Å². The summed E-state index contributed by atoms with van der Waals surface area (Å²) in [5.74, 6) is -0.399. The van der Waals surface area contributed by atoms with E-state index in [1.165, 1.54) is 0 Å². The van der Waals surface area contributed by atoms with Crippen molar-refractivity contribution in [1.29, 1.82) is 0 Å². The summed E-state index contributed by atoms with van der Waals surface area (Å²) in [7, 11) is 0. The second-order valence-electron chi connectivity index (χ2n) is 1.69. The minimum Gasteiger partial charge on any atom is -0.207 e. The van der Waals surface area contributed by atoms with Crippen LogP contribution in [-0.2, 0) is 0 Å². The highest BCUT2D eigenvalue weighted by atomic mass is 19.1. The topological polar surface area (TPSA) is 0 Å². The van der Waals surface area contributed by atoms with Crippen LogP contribution < -0.4 is 0 Å². The van der Waals surface area contributed by atoms with E-state index >= 15 is 0 Å². The lowest BCUT2D eigenvalue weighted by Gasteiger charge is -1.90. The molecular weight excluding hydrogens is 115 g/mol. The highest BCUT2D eigenvalue weighted by molar-refractivity contribution is 5.55. The van der Waals surface area contributed by atoms with Crippen LogP contribution in [0.1, 0.15) is 5.56 Å². The molecule has 0 saturated heterocycles. The first kappa shape index (κ1) is 6.02. The van der Waals surface area contributed by atoms with Gasteiger partial charge in [0.15, 0.2) is 0 Å². The van der Waals surface area contributed by atoms with Gasteiger partial charge in [0, 0.05) is 5.56 Å². The Morgan fingerprint density at radius 2 is 2.00 bits per heavy atom. The van der Waals surface area contributed by atoms with Gasteiger partial charge in [0.25, 0.3) is 0 Å². The lowest BCUT2D eigenvalue weighted by molar-refractivity contribution is 0.763. The predicted molar refractivity (Wildman–Crippen MR) is 35.4 cm³/mol. The summed E-state index contributed by atoms with van der Waals surface area (Å²) in [6.45, 7) is 3.14. The SMILES string of the molecule is C=C(F)c1cc[c]cc1. The fraction of sp³-hybridized carbons (Fsp3) is 0. The van der Waals surface area contributed by atoms with Gasteiger partial charge in [-0.05, 0) is 6.07 Å². The number of rotatable bonds is 1. The van der Waals surface area contributed by atoms with E-state index in [2.05, 4.69) is 12.6 Å². The van der Waals surface area contributed by atoms with Crippen LogP contribution in [0, 0.1) is 6.07 Å². The Balaban J connectivity index is 2.98. The molecule has 0 aromatic heterocycles. The first-order valence-corrected chi connectivity index (χ1v) is 2.61. The van der Waals surface area contributed by atoms with Gasteiger partial charge >= 0.3 is 0 Å². The zero-order chi connectivity index (χ0) is 6.69. The molecule has 0 bridgehead atoms. The largest absolute Gasteiger partial charge is 0.207 e. The van der Waals surface area contributed by atoms with Crippen LogP contribution in [0.3, 0.4) is 0 Å². The summed E-state index contributed by atoms with van der Waals surface area (Å²) >= 11 is 0. The normalized spacial score (nSPS) is 9.00. The van der Waals surface area contributed by atoms with Crippen molar-refractivity contribution in [2.24, 2.45) is 0 Å². The summed E-state index contributed by atoms with van der Waals surface area (Å²) in [5.41, 5.74) is 0.522. The third-order valence-corrected chi connectivity index (χ3v) is 1.03. The fourth-order valence-corrected chi connectivity index (χ4v) is 0.568. The summed E-state index contributed by atoms with van der Waals surface area (Å²) in [6.07, 6.45) is 0. The van der Waals surface area contributed by atoms with Crippen LogP contribution in [0.2, 0.25) is 0 Å². The molecule has 0 aliphatic heterocycles. The molecule has 9 heavy (non-hydrogen) atoms. The van der Waals surface area contributed by atoms with Crippen molar-refractivity contribution in [2.75, 3.05) is 0 Å². The number of hydrogen-bond donors (Lipinski definition) is 0. The van der Waals surface area contributed by atoms with Gasteiger partial charge in [-0.1, -0.05) is 30.8 Å². The molecule has 1 radical (unpaired) electrons. The predicted octanol–water partition coefficient (Wildman–Crippen LogP) is 2.43. The third-order valence-electron chi connectivity index (χ3n) is 1.03. The molecule has 1 rings (SSSR count). The van der Waals surface area contributed by atoms with Gasteiger partial charge in [0.05, 0.1) is 0 Å². The standard InChI is InChI=1S/C8H6F/c1-7(9)8-5-3-2-4-6-8/h3-6H,1H2. The lowest BCUT2D eigenvalue weighted by atomic mass is 10.2. The molecule has 0 unspecified atom stereocenters. The van der Waals surface area contributed by atoms with Gasteiger partial charge in [-0.2, -0.15) is 0 Å². The zero-order valence-corrected chi connectivity index (χ0v) is 4.89. The molecule has 1 aromatic rings. The van der Waals surface area contributed by atoms with Crippen LogP contribution >= 0.6 is 0 Å². The van der Waals surface area contributed by atoms with Crippen molar-refractivity contribution in [3.8, 4) is 0 Å². The molecule has 0 heterocycles. The summed E-state index contributed by atoms with van der Waals surface area (Å²) in [5, 5.41) is 0. The van der Waals surface area contributed by atoms with E-state index in [0.29, 0.717) is 5.56 Å². The smallest absolute Gasteiger partial charge is 0.123 e. The fourth-order valence-electron chi connectivity index (χ4n) is 0.568. The minimum atomic E-state index is -0.399. The molecule has 0 saturated carbocycles. The van der Waals surface area contributed by atoms with E-state index in [-0.39, 0.29) is 0 Å². The van der Waals surface area contributed by atoms with Crippen molar-refractivity contribution in [1.82, 2.24) is 0 Å². The summed E-state index contributed by atoms with van der Waals surface area (Å²) < 4.78 is 12.2. The molecule has 1 aromatic carbocycles. The molecule has 45 valence electrons. The van der Waals surface area contributed by atoms with Gasteiger partial charge in [-0.25, -0.2) is 4.39 Å². The second kappa shape index (κ2) is 2.44. The van der Waals surface area contributed by atoms with E-state index in [4.69, 9.17) is 0 Å². The average Bonchev–Trinajstić information content (AvgIpc) is 1.90. The molecular formula is C8H6F. The van der Waals surface area contributed by atoms with E-state index in [1.807, 2.05) is 0 Å². The van der Waals surface area contributed by atoms with Crippen LogP contribution in [0.25, 0.3) is 5.83 Å². The van der Waals surface area contributed by atoms with E-state index in [9.17, 15) is 4.39 Å². The van der Waals surface area contributed by atoms with Crippen molar-refractivity contribution in [3.63, 3.8) is 0 Å². The zero-order valence-electron chi connectivity index (χ0n) is 4.89. The Kier molecular flexibility index (Phi) is 1.63. The van der Waals surface area contributed by atoms with Gasteiger partial charge < -0.3 is 0 Å². The molecule has 0 aliphatic rings. The maximum Gasteiger partial charge on any atom is 0.123 e. The summed E-state index contributed by atoms with van der Waals surface area (Å²) in [6, 6.07) is 9.34. The number of halogens is 1. The monoisotopic (exact) mass is 121 g/mol. The molecule has 0 N–H and O–H groups in total. The molecule has 0 aliphatic carbocycles. The van der Waals surface area contributed by atoms with Gasteiger partial charge in [0.1, 0.15) is 5.83 Å². The average molecular weight is 121 g/mol. The third kappa shape index (κ3) is 1.39. The molecule has 0 fully saturated rings. The van der Waals surface area contributed by atoms with E-state index < -0.39 is 5.83 Å². The number of benzene rings is 1. The Labute approximate surface area is 53.6 Å². The van der Waals surface area contributed by atoms with Crippen molar-refractivity contribution in [2.45, 2.75) is 0 Å². The quantitative estimate of drug-likeness (QED) is 0.535. The highest BCUT2D eigenvalue weighted by Gasteiger charge is 1.90.